The number of ketones is 1. The van der Waals surface area contributed by atoms with Crippen LogP contribution in [-0.2, 0) is 19.4 Å². The molecular weight excluding hydrogens is 360 g/mol. The van der Waals surface area contributed by atoms with Crippen LogP contribution < -0.4 is 0 Å². The Morgan fingerprint density at radius 2 is 2.08 bits per heavy atom. The fraction of sp³-hybridized carbons (Fsp3) is 0.588. The molecule has 1 aromatic rings. The lowest BCUT2D eigenvalue weighted by Crippen LogP contribution is -2.48. The number of aromatic amines is 1. The molecule has 144 valence electrons. The van der Waals surface area contributed by atoms with Gasteiger partial charge in [0.1, 0.15) is 5.69 Å². The van der Waals surface area contributed by atoms with Crippen molar-refractivity contribution in [1.82, 2.24) is 9.88 Å². The number of H-pyrrole nitrogens is 1. The van der Waals surface area contributed by atoms with Gasteiger partial charge in [-0.25, -0.2) is 13.2 Å². The van der Waals surface area contributed by atoms with Gasteiger partial charge in [0, 0.05) is 23.8 Å². The van der Waals surface area contributed by atoms with Gasteiger partial charge >= 0.3 is 5.97 Å². The first-order valence-electron chi connectivity index (χ1n) is 8.52. The first kappa shape index (κ1) is 20.2. The van der Waals surface area contributed by atoms with E-state index in [0.717, 1.165) is 0 Å². The van der Waals surface area contributed by atoms with Gasteiger partial charge in [-0.15, -0.1) is 0 Å². The highest BCUT2D eigenvalue weighted by atomic mass is 32.2. The summed E-state index contributed by atoms with van der Waals surface area (Å²) < 4.78 is 28.5. The van der Waals surface area contributed by atoms with Crippen molar-refractivity contribution >= 4 is 27.5 Å². The number of Topliss-reactive ketones (excluding diaryl/α,β-unsaturated/α-hetero) is 1. The molecule has 8 nitrogen and oxygen atoms in total. The molecule has 0 unspecified atom stereocenters. The van der Waals surface area contributed by atoms with Crippen molar-refractivity contribution in [3.05, 3.63) is 23.5 Å². The molecule has 1 fully saturated rings. The minimum Gasteiger partial charge on any atom is -0.451 e. The van der Waals surface area contributed by atoms with Gasteiger partial charge in [0.15, 0.2) is 22.2 Å². The number of sulfone groups is 1. The first-order valence-corrected chi connectivity index (χ1v) is 10.3. The summed E-state index contributed by atoms with van der Waals surface area (Å²) in [7, 11) is -3.13. The maximum Gasteiger partial charge on any atom is 0.355 e. The topological polar surface area (TPSA) is 114 Å². The fourth-order valence-electron chi connectivity index (χ4n) is 3.00. The molecular formula is C17H24N2O6S. The Kier molecular flexibility index (Phi) is 6.22. The number of carbonyl (C=O) groups is 3. The van der Waals surface area contributed by atoms with Crippen LogP contribution in [0.2, 0.25) is 0 Å². The standard InChI is InChI=1S/C17H24N2O6S/c1-4-11(2)19(14-5-6-26(23,24)10-14)16(21)9-25-17(22)15-7-13(8-18-15)12(3)20/h7-8,11,14,18H,4-6,9-10H2,1-3H3/t11-,14-/m0/s1. The number of aromatic nitrogens is 1. The second-order valence-electron chi connectivity index (χ2n) is 6.55. The predicted molar refractivity (Wildman–Crippen MR) is 94.7 cm³/mol. The molecule has 1 N–H and O–H groups in total. The highest BCUT2D eigenvalue weighted by Crippen LogP contribution is 2.21. The lowest BCUT2D eigenvalue weighted by atomic mass is 10.1. The Hall–Kier alpha value is -2.16. The average Bonchev–Trinajstić information content (AvgIpc) is 3.19. The minimum atomic E-state index is -3.13. The molecule has 2 heterocycles. The van der Waals surface area contributed by atoms with E-state index in [4.69, 9.17) is 4.74 Å². The number of amides is 1. The zero-order valence-electron chi connectivity index (χ0n) is 15.1. The van der Waals surface area contributed by atoms with E-state index in [2.05, 4.69) is 4.98 Å². The summed E-state index contributed by atoms with van der Waals surface area (Å²) in [5, 5.41) is 0. The monoisotopic (exact) mass is 384 g/mol. The molecule has 0 aromatic carbocycles. The second-order valence-corrected chi connectivity index (χ2v) is 8.78. The molecule has 0 radical (unpaired) electrons. The van der Waals surface area contributed by atoms with Gasteiger partial charge in [-0.2, -0.15) is 0 Å². The van der Waals surface area contributed by atoms with Crippen molar-refractivity contribution < 1.29 is 27.5 Å². The summed E-state index contributed by atoms with van der Waals surface area (Å²) in [6, 6.07) is 0.816. The zero-order valence-corrected chi connectivity index (χ0v) is 16.0. The van der Waals surface area contributed by atoms with E-state index in [9.17, 15) is 22.8 Å². The Labute approximate surface area is 152 Å². The predicted octanol–water partition coefficient (Wildman–Crippen LogP) is 1.19. The van der Waals surface area contributed by atoms with Crippen molar-refractivity contribution in [3.8, 4) is 0 Å². The third kappa shape index (κ3) is 4.72. The van der Waals surface area contributed by atoms with E-state index in [1.807, 2.05) is 13.8 Å². The van der Waals surface area contributed by atoms with Gasteiger partial charge < -0.3 is 14.6 Å². The van der Waals surface area contributed by atoms with Crippen molar-refractivity contribution in [2.75, 3.05) is 18.1 Å². The molecule has 2 rings (SSSR count). The van der Waals surface area contributed by atoms with E-state index in [1.165, 1.54) is 24.1 Å². The number of esters is 1. The molecule has 1 aliphatic heterocycles. The van der Waals surface area contributed by atoms with Crippen LogP contribution in [0.5, 0.6) is 0 Å². The molecule has 2 atom stereocenters. The molecule has 1 saturated heterocycles. The van der Waals surface area contributed by atoms with Gasteiger partial charge in [0.05, 0.1) is 11.5 Å². The second kappa shape index (κ2) is 8.03. The number of carbonyl (C=O) groups excluding carboxylic acids is 3. The van der Waals surface area contributed by atoms with Gasteiger partial charge in [0.25, 0.3) is 5.91 Å². The van der Waals surface area contributed by atoms with Gasteiger partial charge in [-0.3, -0.25) is 9.59 Å². The largest absolute Gasteiger partial charge is 0.451 e. The Balaban J connectivity index is 2.02. The maximum absolute atomic E-state index is 12.6. The molecule has 1 aliphatic rings. The number of ether oxygens (including phenoxy) is 1. The summed E-state index contributed by atoms with van der Waals surface area (Å²) in [6.45, 7) is 4.65. The SMILES string of the molecule is CC[C@H](C)N(C(=O)COC(=O)c1cc(C(C)=O)c[nH]1)[C@H]1CCS(=O)(=O)C1. The number of hydrogen-bond acceptors (Lipinski definition) is 6. The smallest absolute Gasteiger partial charge is 0.355 e. The first-order chi connectivity index (χ1) is 12.1. The lowest BCUT2D eigenvalue weighted by Gasteiger charge is -2.33. The van der Waals surface area contributed by atoms with Crippen LogP contribution in [0.1, 0.15) is 54.5 Å². The van der Waals surface area contributed by atoms with E-state index in [-0.39, 0.29) is 29.0 Å². The van der Waals surface area contributed by atoms with Crippen LogP contribution in [-0.4, -0.2) is 66.2 Å². The number of rotatable bonds is 7. The van der Waals surface area contributed by atoms with Crippen molar-refractivity contribution in [2.45, 2.75) is 45.7 Å². The number of nitrogens with zero attached hydrogens (tertiary/aromatic N) is 1. The average molecular weight is 384 g/mol. The van der Waals surface area contributed by atoms with Gasteiger partial charge in [-0.05, 0) is 32.8 Å². The normalized spacial score (nSPS) is 19.7. The third-order valence-electron chi connectivity index (χ3n) is 4.59. The van der Waals surface area contributed by atoms with Crippen LogP contribution in [0.15, 0.2) is 12.3 Å². The van der Waals surface area contributed by atoms with E-state index in [1.54, 1.807) is 0 Å². The van der Waals surface area contributed by atoms with E-state index < -0.39 is 34.4 Å². The molecule has 0 bridgehead atoms. The highest BCUT2D eigenvalue weighted by molar-refractivity contribution is 7.91. The van der Waals surface area contributed by atoms with Crippen molar-refractivity contribution in [2.24, 2.45) is 0 Å². The summed E-state index contributed by atoms with van der Waals surface area (Å²) in [6.07, 6.45) is 2.45. The lowest BCUT2D eigenvalue weighted by molar-refractivity contribution is -0.138. The van der Waals surface area contributed by atoms with E-state index >= 15 is 0 Å². The van der Waals surface area contributed by atoms with Gasteiger partial charge in [-0.1, -0.05) is 6.92 Å². The molecule has 1 aromatic heterocycles. The van der Waals surface area contributed by atoms with Crippen molar-refractivity contribution in [1.29, 1.82) is 0 Å². The minimum absolute atomic E-state index is 0.0599. The summed E-state index contributed by atoms with van der Waals surface area (Å²) in [5.41, 5.74) is 0.433. The molecule has 26 heavy (non-hydrogen) atoms. The van der Waals surface area contributed by atoms with Crippen LogP contribution >= 0.6 is 0 Å². The number of hydrogen-bond donors (Lipinski definition) is 1. The summed E-state index contributed by atoms with van der Waals surface area (Å²) in [4.78, 5) is 40.0. The molecule has 0 spiro atoms. The zero-order chi connectivity index (χ0) is 19.5. The molecule has 1 amide bonds. The third-order valence-corrected chi connectivity index (χ3v) is 6.34. The van der Waals surface area contributed by atoms with Crippen molar-refractivity contribution in [3.63, 3.8) is 0 Å². The summed E-state index contributed by atoms with van der Waals surface area (Å²) >= 11 is 0. The fourth-order valence-corrected chi connectivity index (χ4v) is 4.71. The number of nitrogens with one attached hydrogen (secondary N) is 1. The van der Waals surface area contributed by atoms with Crippen LogP contribution in [0.4, 0.5) is 0 Å². The Bertz CT molecular complexity index is 798. The van der Waals surface area contributed by atoms with Gasteiger partial charge in [0.2, 0.25) is 0 Å². The van der Waals surface area contributed by atoms with Crippen LogP contribution in [0.25, 0.3) is 0 Å². The van der Waals surface area contributed by atoms with E-state index in [0.29, 0.717) is 18.4 Å². The maximum atomic E-state index is 12.6. The van der Waals surface area contributed by atoms with Crippen LogP contribution in [0, 0.1) is 0 Å². The Morgan fingerprint density at radius 1 is 1.38 bits per heavy atom. The quantitative estimate of drug-likeness (QED) is 0.558. The van der Waals surface area contributed by atoms with Crippen LogP contribution in [0.3, 0.4) is 0 Å². The molecule has 9 heteroatoms. The Morgan fingerprint density at radius 3 is 2.58 bits per heavy atom. The highest BCUT2D eigenvalue weighted by Gasteiger charge is 2.36. The summed E-state index contributed by atoms with van der Waals surface area (Å²) in [5.74, 6) is -1.35. The molecule has 0 saturated carbocycles. The molecule has 0 aliphatic carbocycles.